The standard InChI is InChI=1S/C50H54F2N8O8/c1-7-8-9-10-26(4)42(58-50(64)66-6)46(61)59-22-27(23-68-48(51)52)15-38(59)45-54-35-14-12-28-17-34-32-13-11-29(16-31(32)24-67-40(34)20-33(28)43(35)56-45)36-21-53-44(55-36)39-19-30-18-37(30)60(39)47(62)41(25(2)3)57-49(63)65-5/h7-14,16-17,20-21,25,27,30,37-39,41-42,48H,4,15,18-19,22-24H2,1-3,5-6H3,(H,53,55)(H,54,56)(H,57,63)(H,58,64)/b8-7-,10-9-/t27-,30+,37+,38-,39-,41-,42+/m0/s1. The van der Waals surface area contributed by atoms with E-state index in [0.29, 0.717) is 46.5 Å². The van der Waals surface area contributed by atoms with Crippen LogP contribution in [-0.4, -0.2) is 106 Å². The monoisotopic (exact) mass is 932 g/mol. The lowest BCUT2D eigenvalue weighted by Crippen LogP contribution is -2.52. The van der Waals surface area contributed by atoms with Crippen molar-refractivity contribution in [3.05, 3.63) is 102 Å². The number of hydrogen-bond donors (Lipinski definition) is 4. The van der Waals surface area contributed by atoms with Gasteiger partial charge in [0.15, 0.2) is 0 Å². The second kappa shape index (κ2) is 18.9. The molecule has 0 unspecified atom stereocenters. The lowest BCUT2D eigenvalue weighted by Gasteiger charge is -2.31. The Bertz CT molecular complexity index is 2860. The molecule has 5 aromatic rings. The summed E-state index contributed by atoms with van der Waals surface area (Å²) in [7, 11) is 2.47. The number of allylic oxidation sites excluding steroid dienone is 3. The summed E-state index contributed by atoms with van der Waals surface area (Å²) >= 11 is 0. The maximum Gasteiger partial charge on any atom is 0.407 e. The minimum Gasteiger partial charge on any atom is -0.488 e. The van der Waals surface area contributed by atoms with Crippen LogP contribution in [0.25, 0.3) is 44.2 Å². The van der Waals surface area contributed by atoms with Gasteiger partial charge in [-0.1, -0.05) is 62.9 Å². The van der Waals surface area contributed by atoms with E-state index < -0.39 is 48.7 Å². The predicted molar refractivity (Wildman–Crippen MR) is 248 cm³/mol. The van der Waals surface area contributed by atoms with E-state index in [9.17, 15) is 28.0 Å². The van der Waals surface area contributed by atoms with Gasteiger partial charge in [-0.3, -0.25) is 9.59 Å². The van der Waals surface area contributed by atoms with Crippen LogP contribution < -0.4 is 15.4 Å². The molecule has 2 aromatic heterocycles. The molecule has 1 aliphatic carbocycles. The first-order chi connectivity index (χ1) is 32.8. The summed E-state index contributed by atoms with van der Waals surface area (Å²) in [6.45, 7) is 6.79. The van der Waals surface area contributed by atoms with Crippen LogP contribution in [0, 0.1) is 17.8 Å². The molecule has 1 saturated carbocycles. The fourth-order valence-corrected chi connectivity index (χ4v) is 9.97. The number of nitrogens with zero attached hydrogens (tertiary/aromatic N) is 4. The lowest BCUT2D eigenvalue weighted by atomic mass is 9.92. The molecule has 0 bridgehead atoms. The minimum absolute atomic E-state index is 0.0701. The number of rotatable bonds is 14. The minimum atomic E-state index is -2.98. The average Bonchev–Trinajstić information content (AvgIpc) is 3.80. The van der Waals surface area contributed by atoms with Crippen LogP contribution in [0.4, 0.5) is 18.4 Å². The van der Waals surface area contributed by atoms with Gasteiger partial charge in [0.1, 0.15) is 36.1 Å². The molecule has 4 aliphatic rings. The molecule has 4 amide bonds. The Morgan fingerprint density at radius 1 is 0.941 bits per heavy atom. The van der Waals surface area contributed by atoms with Crippen LogP contribution in [0.2, 0.25) is 0 Å². The Hall–Kier alpha value is -7.08. The summed E-state index contributed by atoms with van der Waals surface area (Å²) in [4.78, 5) is 73.0. The van der Waals surface area contributed by atoms with Crippen LogP contribution in [0.3, 0.4) is 0 Å². The van der Waals surface area contributed by atoms with E-state index >= 15 is 0 Å². The first kappa shape index (κ1) is 46.0. The Labute approximate surface area is 391 Å². The van der Waals surface area contributed by atoms with Gasteiger partial charge in [-0.15, -0.1) is 0 Å². The van der Waals surface area contributed by atoms with Gasteiger partial charge in [0.2, 0.25) is 5.91 Å². The number of ether oxygens (including phenoxy) is 4. The van der Waals surface area contributed by atoms with Gasteiger partial charge in [0, 0.05) is 29.5 Å². The van der Waals surface area contributed by atoms with Crippen LogP contribution in [0.1, 0.15) is 69.3 Å². The number of amides is 4. The van der Waals surface area contributed by atoms with Crippen molar-refractivity contribution in [1.82, 2.24) is 40.4 Å². The van der Waals surface area contributed by atoms with Gasteiger partial charge in [-0.25, -0.2) is 19.6 Å². The molecule has 9 rings (SSSR count). The van der Waals surface area contributed by atoms with Crippen molar-refractivity contribution in [1.29, 1.82) is 0 Å². The number of aromatic nitrogens is 4. The Kier molecular flexibility index (Phi) is 12.8. The molecular formula is C50H54F2N8O8. The third kappa shape index (κ3) is 8.91. The van der Waals surface area contributed by atoms with E-state index in [1.165, 1.54) is 19.1 Å². The van der Waals surface area contributed by atoms with Crippen molar-refractivity contribution in [2.24, 2.45) is 17.8 Å². The molecule has 7 atom stereocenters. The van der Waals surface area contributed by atoms with Crippen molar-refractivity contribution in [3.8, 4) is 28.1 Å². The normalized spacial score (nSPS) is 21.5. The molecule has 3 aromatic carbocycles. The number of carbonyl (C=O) groups excluding carboxylic acids is 4. The van der Waals surface area contributed by atoms with E-state index in [2.05, 4.69) is 45.4 Å². The number of alkyl halides is 2. The number of fused-ring (bicyclic) bond motifs is 7. The van der Waals surface area contributed by atoms with Crippen LogP contribution in [0.15, 0.2) is 85.1 Å². The number of imidazole rings is 2. The topological polar surface area (TPSA) is 193 Å². The molecule has 3 fully saturated rings. The number of halogens is 2. The summed E-state index contributed by atoms with van der Waals surface area (Å²) in [5.41, 5.74) is 6.28. The highest BCUT2D eigenvalue weighted by molar-refractivity contribution is 6.07. The molecule has 0 radical (unpaired) electrons. The number of alkyl carbamates (subject to hydrolysis) is 2. The number of hydrogen-bond acceptors (Lipinski definition) is 10. The zero-order chi connectivity index (χ0) is 48.0. The summed E-state index contributed by atoms with van der Waals surface area (Å²) in [5, 5.41) is 7.06. The number of aromatic amines is 2. The number of H-pyrrole nitrogens is 2. The Balaban J connectivity index is 0.978. The molecule has 3 aliphatic heterocycles. The summed E-state index contributed by atoms with van der Waals surface area (Å²) < 4.78 is 47.2. The largest absolute Gasteiger partial charge is 0.488 e. The molecule has 0 spiro atoms. The highest BCUT2D eigenvalue weighted by Crippen LogP contribution is 2.53. The predicted octanol–water partition coefficient (Wildman–Crippen LogP) is 8.25. The third-order valence-electron chi connectivity index (χ3n) is 13.5. The smallest absolute Gasteiger partial charge is 0.407 e. The molecule has 16 nitrogen and oxygen atoms in total. The van der Waals surface area contributed by atoms with Gasteiger partial charge in [0.05, 0.1) is 55.8 Å². The molecule has 356 valence electrons. The van der Waals surface area contributed by atoms with E-state index in [1.54, 1.807) is 30.5 Å². The van der Waals surface area contributed by atoms with Crippen molar-refractivity contribution in [3.63, 3.8) is 0 Å². The zero-order valence-electron chi connectivity index (χ0n) is 38.4. The number of carbonyl (C=O) groups is 4. The van der Waals surface area contributed by atoms with Crippen LogP contribution >= 0.6 is 0 Å². The van der Waals surface area contributed by atoms with Gasteiger partial charge in [-0.05, 0) is 89.9 Å². The van der Waals surface area contributed by atoms with Gasteiger partial charge >= 0.3 is 18.8 Å². The molecule has 18 heteroatoms. The van der Waals surface area contributed by atoms with Gasteiger partial charge < -0.3 is 49.3 Å². The van der Waals surface area contributed by atoms with Crippen molar-refractivity contribution in [2.75, 3.05) is 27.4 Å². The highest BCUT2D eigenvalue weighted by atomic mass is 19.3. The molecule has 4 N–H and O–H groups in total. The summed E-state index contributed by atoms with van der Waals surface area (Å²) in [5.74, 6) is 0.990. The number of methoxy groups -OCH3 is 2. The van der Waals surface area contributed by atoms with E-state index in [4.69, 9.17) is 28.9 Å². The average molecular weight is 933 g/mol. The summed E-state index contributed by atoms with van der Waals surface area (Å²) in [6.07, 6.45) is 9.18. The summed E-state index contributed by atoms with van der Waals surface area (Å²) in [6, 6.07) is 11.4. The number of piperidine rings is 1. The SMILES string of the molecule is C=C(/C=C\C=C/C)[C@@H](NC(=O)OC)C(=O)N1C[C@@H](COC(F)F)C[C@H]1c1nc2ccc3cc4c(cc3c2[nH]1)OCc1cc(-c2cnc([C@@H]3C[C@H]5C[C@H]5N3C(=O)[C@@H](NC(=O)OC)C(C)C)[nH]2)ccc1-4. The van der Waals surface area contributed by atoms with E-state index in [1.807, 2.05) is 49.9 Å². The third-order valence-corrected chi connectivity index (χ3v) is 13.5. The van der Waals surface area contributed by atoms with E-state index in [-0.39, 0.29) is 43.5 Å². The van der Waals surface area contributed by atoms with Crippen molar-refractivity contribution < 1.29 is 46.9 Å². The lowest BCUT2D eigenvalue weighted by molar-refractivity contribution is -0.139. The fraction of sp³-hybridized carbons (Fsp3) is 0.400. The quantitative estimate of drug-likeness (QED) is 0.0789. The van der Waals surface area contributed by atoms with Gasteiger partial charge in [0.25, 0.3) is 5.91 Å². The molecule has 5 heterocycles. The number of likely N-dealkylation sites (tertiary alicyclic amines) is 2. The first-order valence-corrected chi connectivity index (χ1v) is 22.7. The van der Waals surface area contributed by atoms with Crippen molar-refractivity contribution in [2.45, 2.75) is 83.5 Å². The second-order valence-electron chi connectivity index (χ2n) is 18.1. The van der Waals surface area contributed by atoms with E-state index in [0.717, 1.165) is 51.6 Å². The molecular weight excluding hydrogens is 879 g/mol. The zero-order valence-corrected chi connectivity index (χ0v) is 38.4. The maximum atomic E-state index is 14.4. The highest BCUT2D eigenvalue weighted by Gasteiger charge is 2.56. The number of benzene rings is 3. The fourth-order valence-electron chi connectivity index (χ4n) is 9.97. The Morgan fingerprint density at radius 2 is 1.74 bits per heavy atom. The van der Waals surface area contributed by atoms with Crippen LogP contribution in [-0.2, 0) is 30.4 Å². The van der Waals surface area contributed by atoms with Crippen molar-refractivity contribution >= 4 is 45.8 Å². The van der Waals surface area contributed by atoms with Crippen LogP contribution in [0.5, 0.6) is 5.75 Å². The second-order valence-corrected chi connectivity index (χ2v) is 18.1. The number of nitrogens with one attached hydrogen (secondary N) is 4. The first-order valence-electron chi connectivity index (χ1n) is 22.7. The Morgan fingerprint density at radius 3 is 2.49 bits per heavy atom. The molecule has 68 heavy (non-hydrogen) atoms. The maximum absolute atomic E-state index is 14.4. The molecule has 2 saturated heterocycles. The van der Waals surface area contributed by atoms with Gasteiger partial charge in [-0.2, -0.15) is 8.78 Å².